The lowest BCUT2D eigenvalue weighted by molar-refractivity contribution is -0.117. The van der Waals surface area contributed by atoms with E-state index in [-0.39, 0.29) is 39.8 Å². The molecule has 0 spiro atoms. The molecule has 0 bridgehead atoms. The molecule has 228 valence electrons. The van der Waals surface area contributed by atoms with E-state index in [1.165, 1.54) is 45.2 Å². The number of esters is 1. The minimum atomic E-state index is -1.46. The van der Waals surface area contributed by atoms with Gasteiger partial charge in [-0.1, -0.05) is 12.7 Å². The summed E-state index contributed by atoms with van der Waals surface area (Å²) in [7, 11) is 1.44. The molecule has 1 saturated carbocycles. The van der Waals surface area contributed by atoms with E-state index in [0.717, 1.165) is 12.8 Å². The van der Waals surface area contributed by atoms with Crippen LogP contribution in [0.3, 0.4) is 0 Å². The van der Waals surface area contributed by atoms with E-state index < -0.39 is 24.1 Å². The zero-order valence-electron chi connectivity index (χ0n) is 24.5. The van der Waals surface area contributed by atoms with Gasteiger partial charge in [0.1, 0.15) is 17.3 Å². The second kappa shape index (κ2) is 13.7. The Kier molecular flexibility index (Phi) is 9.86. The van der Waals surface area contributed by atoms with Crippen LogP contribution in [0.1, 0.15) is 69.2 Å². The Balaban J connectivity index is 1.75. The molecule has 1 atom stereocenters. The van der Waals surface area contributed by atoms with Gasteiger partial charge >= 0.3 is 5.97 Å². The maximum absolute atomic E-state index is 13.7. The predicted octanol–water partition coefficient (Wildman–Crippen LogP) is 3.75. The summed E-state index contributed by atoms with van der Waals surface area (Å²) in [5.74, 6) is -1.71. The number of rotatable bonds is 11. The summed E-state index contributed by atoms with van der Waals surface area (Å²) in [6.07, 6.45) is 2.13. The molecule has 1 aliphatic rings. The second-order valence-corrected chi connectivity index (χ2v) is 10.2. The molecule has 12 heteroatoms. The molecule has 2 aromatic carbocycles. The van der Waals surface area contributed by atoms with Crippen LogP contribution in [0.4, 0.5) is 5.69 Å². The van der Waals surface area contributed by atoms with E-state index in [2.05, 4.69) is 27.5 Å². The molecule has 1 unspecified atom stereocenters. The lowest BCUT2D eigenvalue weighted by Crippen LogP contribution is -2.27. The predicted molar refractivity (Wildman–Crippen MR) is 164 cm³/mol. The Morgan fingerprint density at radius 1 is 1.09 bits per heavy atom. The smallest absolute Gasteiger partial charge is 0.359 e. The molecule has 3 aromatic rings. The molecular weight excluding hydrogens is 566 g/mol. The number of aliphatic hydroxyl groups is 1. The standard InChI is InChI=1S/C32H33N5O7/c1-5-20-14-25(30(40)36-22-10-8-21(9-11-22)29(33)35-17(2)38)24(15-27(20)43-4)23-12-13-26(31(41)34-16-19-6-7-19)37-28(23)32(42)44-18(3)39/h5,8-15,18-19,39H,1,6-7,16H2,2-4H3,(H,34,41)(H,36,40)(H2,33,35,38). The number of amides is 3. The molecule has 0 radical (unpaired) electrons. The fourth-order valence-corrected chi connectivity index (χ4v) is 4.33. The van der Waals surface area contributed by atoms with E-state index in [0.29, 0.717) is 35.0 Å². The zero-order valence-corrected chi connectivity index (χ0v) is 24.5. The number of aliphatic hydroxyl groups excluding tert-OH is 1. The molecule has 12 nitrogen and oxygen atoms in total. The number of benzene rings is 2. The molecular formula is C32H33N5O7. The molecule has 1 aromatic heterocycles. The van der Waals surface area contributed by atoms with E-state index in [1.807, 2.05) is 0 Å². The largest absolute Gasteiger partial charge is 0.496 e. The van der Waals surface area contributed by atoms with Crippen molar-refractivity contribution in [2.45, 2.75) is 33.0 Å². The monoisotopic (exact) mass is 599 g/mol. The maximum atomic E-state index is 13.7. The number of hydrogen-bond donors (Lipinski definition) is 5. The van der Waals surface area contributed by atoms with E-state index in [9.17, 15) is 24.3 Å². The number of pyridine rings is 1. The Hall–Kier alpha value is -5.36. The van der Waals surface area contributed by atoms with Gasteiger partial charge in [0.2, 0.25) is 5.91 Å². The van der Waals surface area contributed by atoms with Crippen molar-refractivity contribution in [1.82, 2.24) is 15.6 Å². The van der Waals surface area contributed by atoms with Gasteiger partial charge in [-0.05, 0) is 74.2 Å². The fraction of sp³-hybridized carbons (Fsp3) is 0.250. The first kappa shape index (κ1) is 31.6. The summed E-state index contributed by atoms with van der Waals surface area (Å²) in [5.41, 5.74) is 1.53. The Morgan fingerprint density at radius 2 is 1.80 bits per heavy atom. The van der Waals surface area contributed by atoms with Crippen LogP contribution in [-0.4, -0.2) is 59.6 Å². The van der Waals surface area contributed by atoms with Crippen LogP contribution in [-0.2, 0) is 9.53 Å². The molecule has 1 aliphatic carbocycles. The number of nitrogens with zero attached hydrogens (tertiary/aromatic N) is 1. The van der Waals surface area contributed by atoms with Crippen LogP contribution in [0.25, 0.3) is 17.2 Å². The van der Waals surface area contributed by atoms with Gasteiger partial charge in [0.25, 0.3) is 11.8 Å². The summed E-state index contributed by atoms with van der Waals surface area (Å²) >= 11 is 0. The Bertz CT molecular complexity index is 1630. The van der Waals surface area contributed by atoms with Gasteiger partial charge in [-0.3, -0.25) is 19.8 Å². The third kappa shape index (κ3) is 7.72. The maximum Gasteiger partial charge on any atom is 0.359 e. The average Bonchev–Trinajstić information content (AvgIpc) is 3.83. The number of amidine groups is 1. The quantitative estimate of drug-likeness (QED) is 0.0957. The van der Waals surface area contributed by atoms with Gasteiger partial charge in [-0.2, -0.15) is 0 Å². The summed E-state index contributed by atoms with van der Waals surface area (Å²) in [4.78, 5) is 55.2. The van der Waals surface area contributed by atoms with Crippen LogP contribution < -0.4 is 20.7 Å². The first-order valence-electron chi connectivity index (χ1n) is 13.8. The van der Waals surface area contributed by atoms with Gasteiger partial charge in [0.15, 0.2) is 12.0 Å². The van der Waals surface area contributed by atoms with Crippen LogP contribution >= 0.6 is 0 Å². The Labute approximate surface area is 254 Å². The highest BCUT2D eigenvalue weighted by molar-refractivity contribution is 6.11. The third-order valence-corrected chi connectivity index (χ3v) is 6.70. The van der Waals surface area contributed by atoms with Crippen molar-refractivity contribution in [3.05, 3.63) is 83.2 Å². The molecule has 1 fully saturated rings. The first-order chi connectivity index (χ1) is 21.0. The lowest BCUT2D eigenvalue weighted by atomic mass is 9.94. The summed E-state index contributed by atoms with van der Waals surface area (Å²) in [6.45, 7) is 6.85. The average molecular weight is 600 g/mol. The van der Waals surface area contributed by atoms with Crippen molar-refractivity contribution < 1.29 is 33.8 Å². The van der Waals surface area contributed by atoms with Gasteiger partial charge in [-0.15, -0.1) is 0 Å². The van der Waals surface area contributed by atoms with Gasteiger partial charge in [-0.25, -0.2) is 9.78 Å². The molecule has 4 rings (SSSR count). The third-order valence-electron chi connectivity index (χ3n) is 6.70. The van der Waals surface area contributed by atoms with Crippen molar-refractivity contribution in [2.24, 2.45) is 5.92 Å². The van der Waals surface area contributed by atoms with Crippen LogP contribution in [0, 0.1) is 11.3 Å². The van der Waals surface area contributed by atoms with Crippen LogP contribution in [0.5, 0.6) is 5.75 Å². The number of ether oxygens (including phenoxy) is 2. The number of methoxy groups -OCH3 is 1. The topological polar surface area (TPSA) is 180 Å². The highest BCUT2D eigenvalue weighted by Gasteiger charge is 2.26. The fourth-order valence-electron chi connectivity index (χ4n) is 4.33. The minimum absolute atomic E-state index is 0.0301. The molecule has 44 heavy (non-hydrogen) atoms. The van der Waals surface area contributed by atoms with Crippen molar-refractivity contribution in [3.63, 3.8) is 0 Å². The van der Waals surface area contributed by atoms with Crippen molar-refractivity contribution in [2.75, 3.05) is 19.0 Å². The Morgan fingerprint density at radius 3 is 2.39 bits per heavy atom. The number of carbonyl (C=O) groups excluding carboxylic acids is 4. The number of carbonyl (C=O) groups is 4. The van der Waals surface area contributed by atoms with E-state index in [1.54, 1.807) is 30.3 Å². The summed E-state index contributed by atoms with van der Waals surface area (Å²) < 4.78 is 10.5. The van der Waals surface area contributed by atoms with Crippen molar-refractivity contribution >= 4 is 41.3 Å². The van der Waals surface area contributed by atoms with E-state index >= 15 is 0 Å². The minimum Gasteiger partial charge on any atom is -0.496 e. The number of hydrogen-bond acceptors (Lipinski definition) is 9. The highest BCUT2D eigenvalue weighted by Crippen LogP contribution is 2.35. The SMILES string of the molecule is C=Cc1cc(C(=O)Nc2ccc(C(=N)NC(C)=O)cc2)c(-c2ccc(C(=O)NCC3CC3)nc2C(=O)OC(C)O)cc1OC. The van der Waals surface area contributed by atoms with Gasteiger partial charge in [0.05, 0.1) is 7.11 Å². The highest BCUT2D eigenvalue weighted by atomic mass is 16.6. The molecule has 0 aliphatic heterocycles. The molecule has 3 amide bonds. The van der Waals surface area contributed by atoms with Crippen LogP contribution in [0.2, 0.25) is 0 Å². The normalized spacial score (nSPS) is 12.8. The van der Waals surface area contributed by atoms with Crippen LogP contribution in [0.15, 0.2) is 55.1 Å². The van der Waals surface area contributed by atoms with Gasteiger partial charge in [0, 0.05) is 47.0 Å². The number of anilines is 1. The van der Waals surface area contributed by atoms with Crippen molar-refractivity contribution in [3.8, 4) is 16.9 Å². The first-order valence-corrected chi connectivity index (χ1v) is 13.8. The summed E-state index contributed by atoms with van der Waals surface area (Å²) in [6, 6.07) is 12.3. The molecule has 5 N–H and O–H groups in total. The number of aromatic nitrogens is 1. The molecule has 1 heterocycles. The van der Waals surface area contributed by atoms with Gasteiger partial charge < -0.3 is 30.5 Å². The number of nitrogens with one attached hydrogen (secondary N) is 4. The summed E-state index contributed by atoms with van der Waals surface area (Å²) in [5, 5.41) is 25.7. The van der Waals surface area contributed by atoms with Crippen molar-refractivity contribution in [1.29, 1.82) is 5.41 Å². The van der Waals surface area contributed by atoms with E-state index in [4.69, 9.17) is 14.9 Å². The lowest BCUT2D eigenvalue weighted by Gasteiger charge is -2.17. The zero-order chi connectivity index (χ0) is 32.0. The second-order valence-electron chi connectivity index (χ2n) is 10.2. The molecule has 0 saturated heterocycles.